The minimum atomic E-state index is -0.162. The summed E-state index contributed by atoms with van der Waals surface area (Å²) in [6.07, 6.45) is 1.22. The van der Waals surface area contributed by atoms with E-state index in [1.54, 1.807) is 29.2 Å². The lowest BCUT2D eigenvalue weighted by atomic mass is 9.95. The molecule has 0 unspecified atom stereocenters. The van der Waals surface area contributed by atoms with E-state index in [4.69, 9.17) is 0 Å². The predicted molar refractivity (Wildman–Crippen MR) is 104 cm³/mol. The number of aryl methyl sites for hydroxylation is 1. The fourth-order valence-electron chi connectivity index (χ4n) is 3.10. The summed E-state index contributed by atoms with van der Waals surface area (Å²) in [4.78, 5) is 26.8. The largest absolute Gasteiger partial charge is 0.506 e. The van der Waals surface area contributed by atoms with Crippen molar-refractivity contribution in [1.29, 1.82) is 0 Å². The van der Waals surface area contributed by atoms with Crippen LogP contribution in [0.2, 0.25) is 0 Å². The van der Waals surface area contributed by atoms with Crippen molar-refractivity contribution < 1.29 is 14.7 Å². The molecule has 1 aliphatic rings. The first-order valence-electron chi connectivity index (χ1n) is 8.59. The van der Waals surface area contributed by atoms with Gasteiger partial charge in [0, 0.05) is 29.0 Å². The number of nitrogens with zero attached hydrogens (tertiary/aromatic N) is 1. The fourth-order valence-corrected chi connectivity index (χ4v) is 3.37. The molecular weight excluding hydrogens is 396 g/mol. The topological polar surface area (TPSA) is 69.6 Å². The lowest BCUT2D eigenvalue weighted by Crippen LogP contribution is -2.41. The average molecular weight is 417 g/mol. The molecule has 6 heteroatoms. The Bertz CT molecular complexity index is 812. The number of phenolic OH excluding ortho intramolecular Hbond substituents is 1. The molecule has 3 rings (SSSR count). The molecule has 1 fully saturated rings. The molecule has 0 spiro atoms. The highest BCUT2D eigenvalue weighted by atomic mass is 79.9. The van der Waals surface area contributed by atoms with Crippen molar-refractivity contribution in [2.45, 2.75) is 19.8 Å². The van der Waals surface area contributed by atoms with E-state index in [0.29, 0.717) is 37.2 Å². The Balaban J connectivity index is 1.56. The molecule has 0 aromatic heterocycles. The molecule has 1 heterocycles. The standard InChI is InChI=1S/C20H21BrN2O3/c1-13-2-7-17(18(24)12-13)22-19(25)14-8-10-23(11-9-14)20(26)15-3-5-16(21)6-4-15/h2-7,12,14,24H,8-11H2,1H3,(H,22,25). The van der Waals surface area contributed by atoms with Gasteiger partial charge in [-0.15, -0.1) is 0 Å². The van der Waals surface area contributed by atoms with Crippen LogP contribution >= 0.6 is 15.9 Å². The van der Waals surface area contributed by atoms with E-state index >= 15 is 0 Å². The van der Waals surface area contributed by atoms with E-state index in [-0.39, 0.29) is 23.5 Å². The van der Waals surface area contributed by atoms with Crippen LogP contribution in [0.25, 0.3) is 0 Å². The summed E-state index contributed by atoms with van der Waals surface area (Å²) in [6, 6.07) is 12.5. The molecule has 0 saturated carbocycles. The normalized spacial score (nSPS) is 14.9. The number of aromatic hydroxyl groups is 1. The van der Waals surface area contributed by atoms with E-state index in [1.807, 2.05) is 25.1 Å². The Morgan fingerprint density at radius 1 is 1.12 bits per heavy atom. The molecule has 136 valence electrons. The highest BCUT2D eigenvalue weighted by Gasteiger charge is 2.28. The van der Waals surface area contributed by atoms with Crippen LogP contribution in [0.1, 0.15) is 28.8 Å². The second-order valence-electron chi connectivity index (χ2n) is 6.58. The van der Waals surface area contributed by atoms with Crippen molar-refractivity contribution in [3.8, 4) is 5.75 Å². The van der Waals surface area contributed by atoms with E-state index < -0.39 is 0 Å². The fraction of sp³-hybridized carbons (Fsp3) is 0.300. The molecule has 2 aromatic carbocycles. The number of carbonyl (C=O) groups is 2. The maximum atomic E-state index is 12.5. The predicted octanol–water partition coefficient (Wildman–Crippen LogP) is 3.95. The van der Waals surface area contributed by atoms with Gasteiger partial charge in [0.05, 0.1) is 5.69 Å². The van der Waals surface area contributed by atoms with Crippen molar-refractivity contribution >= 4 is 33.4 Å². The van der Waals surface area contributed by atoms with Crippen LogP contribution in [-0.2, 0) is 4.79 Å². The zero-order valence-corrected chi connectivity index (χ0v) is 16.1. The second-order valence-corrected chi connectivity index (χ2v) is 7.50. The van der Waals surface area contributed by atoms with E-state index in [0.717, 1.165) is 10.0 Å². The van der Waals surface area contributed by atoms with Crippen LogP contribution in [0.3, 0.4) is 0 Å². The van der Waals surface area contributed by atoms with Crippen molar-refractivity contribution in [2.75, 3.05) is 18.4 Å². The van der Waals surface area contributed by atoms with E-state index in [9.17, 15) is 14.7 Å². The number of rotatable bonds is 3. The minimum Gasteiger partial charge on any atom is -0.506 e. The number of anilines is 1. The summed E-state index contributed by atoms with van der Waals surface area (Å²) < 4.78 is 0.934. The van der Waals surface area contributed by atoms with Gasteiger partial charge in [-0.1, -0.05) is 22.0 Å². The van der Waals surface area contributed by atoms with Crippen LogP contribution < -0.4 is 5.32 Å². The molecule has 5 nitrogen and oxygen atoms in total. The zero-order chi connectivity index (χ0) is 18.7. The first-order chi connectivity index (χ1) is 12.4. The Hall–Kier alpha value is -2.34. The third-order valence-corrected chi connectivity index (χ3v) is 5.18. The maximum Gasteiger partial charge on any atom is 0.253 e. The van der Waals surface area contributed by atoms with Crippen LogP contribution in [0.5, 0.6) is 5.75 Å². The highest BCUT2D eigenvalue weighted by molar-refractivity contribution is 9.10. The molecule has 0 aliphatic carbocycles. The molecule has 0 radical (unpaired) electrons. The quantitative estimate of drug-likeness (QED) is 0.743. The first-order valence-corrected chi connectivity index (χ1v) is 9.38. The third kappa shape index (κ3) is 4.25. The lowest BCUT2D eigenvalue weighted by molar-refractivity contribution is -0.121. The first kappa shape index (κ1) is 18.5. The van der Waals surface area contributed by atoms with E-state index in [2.05, 4.69) is 21.2 Å². The number of hydrogen-bond acceptors (Lipinski definition) is 3. The molecule has 0 atom stereocenters. The Morgan fingerprint density at radius 2 is 1.77 bits per heavy atom. The van der Waals surface area contributed by atoms with Crippen molar-refractivity contribution in [3.05, 3.63) is 58.1 Å². The highest BCUT2D eigenvalue weighted by Crippen LogP contribution is 2.26. The van der Waals surface area contributed by atoms with Gasteiger partial charge in [0.2, 0.25) is 5.91 Å². The third-order valence-electron chi connectivity index (χ3n) is 4.66. The molecule has 2 N–H and O–H groups in total. The van der Waals surface area contributed by atoms with Gasteiger partial charge in [0.25, 0.3) is 5.91 Å². The molecule has 2 amide bonds. The average Bonchev–Trinajstić information content (AvgIpc) is 2.64. The maximum absolute atomic E-state index is 12.5. The minimum absolute atomic E-state index is 0.00691. The Morgan fingerprint density at radius 3 is 2.38 bits per heavy atom. The molecule has 26 heavy (non-hydrogen) atoms. The smallest absolute Gasteiger partial charge is 0.253 e. The Kier molecular flexibility index (Phi) is 5.61. The summed E-state index contributed by atoms with van der Waals surface area (Å²) in [5.41, 5.74) is 2.01. The monoisotopic (exact) mass is 416 g/mol. The van der Waals surface area contributed by atoms with Gasteiger partial charge < -0.3 is 15.3 Å². The lowest BCUT2D eigenvalue weighted by Gasteiger charge is -2.31. The van der Waals surface area contributed by atoms with Gasteiger partial charge in [-0.2, -0.15) is 0 Å². The van der Waals surface area contributed by atoms with Gasteiger partial charge in [-0.3, -0.25) is 9.59 Å². The van der Waals surface area contributed by atoms with Crippen LogP contribution in [0.4, 0.5) is 5.69 Å². The van der Waals surface area contributed by atoms with Gasteiger partial charge >= 0.3 is 0 Å². The van der Waals surface area contributed by atoms with Gasteiger partial charge in [-0.25, -0.2) is 0 Å². The van der Waals surface area contributed by atoms with Gasteiger partial charge in [0.15, 0.2) is 0 Å². The number of hydrogen-bond donors (Lipinski definition) is 2. The van der Waals surface area contributed by atoms with Gasteiger partial charge in [-0.05, 0) is 61.7 Å². The van der Waals surface area contributed by atoms with Crippen molar-refractivity contribution in [3.63, 3.8) is 0 Å². The number of amides is 2. The number of halogens is 1. The Labute approximate surface area is 161 Å². The summed E-state index contributed by atoms with van der Waals surface area (Å²) in [7, 11) is 0. The number of nitrogens with one attached hydrogen (secondary N) is 1. The SMILES string of the molecule is Cc1ccc(NC(=O)C2CCN(C(=O)c3ccc(Br)cc3)CC2)c(O)c1. The number of phenols is 1. The summed E-state index contributed by atoms with van der Waals surface area (Å²) in [6.45, 7) is 2.98. The summed E-state index contributed by atoms with van der Waals surface area (Å²) in [5.74, 6) is -0.210. The van der Waals surface area contributed by atoms with E-state index in [1.165, 1.54) is 0 Å². The molecule has 1 saturated heterocycles. The van der Waals surface area contributed by atoms with Gasteiger partial charge in [0.1, 0.15) is 5.75 Å². The van der Waals surface area contributed by atoms with Crippen LogP contribution in [0.15, 0.2) is 46.9 Å². The summed E-state index contributed by atoms with van der Waals surface area (Å²) in [5, 5.41) is 12.7. The van der Waals surface area contributed by atoms with Crippen LogP contribution in [-0.4, -0.2) is 34.9 Å². The number of benzene rings is 2. The van der Waals surface area contributed by atoms with Crippen LogP contribution in [0, 0.1) is 12.8 Å². The number of likely N-dealkylation sites (tertiary alicyclic amines) is 1. The zero-order valence-electron chi connectivity index (χ0n) is 14.5. The molecule has 2 aromatic rings. The summed E-state index contributed by atoms with van der Waals surface area (Å²) >= 11 is 3.36. The molecule has 0 bridgehead atoms. The molecule has 1 aliphatic heterocycles. The number of carbonyl (C=O) groups excluding carboxylic acids is 2. The van der Waals surface area contributed by atoms with Crippen molar-refractivity contribution in [2.24, 2.45) is 5.92 Å². The number of piperidine rings is 1. The second kappa shape index (κ2) is 7.91. The van der Waals surface area contributed by atoms with Crippen molar-refractivity contribution in [1.82, 2.24) is 4.90 Å². The molecular formula is C20H21BrN2O3.